The molecule has 4 heteroatoms. The number of nitrogens with zero attached hydrogens (tertiary/aromatic N) is 2. The molecule has 1 aromatic carbocycles. The molecule has 2 fully saturated rings. The molecule has 2 unspecified atom stereocenters. The van der Waals surface area contributed by atoms with Crippen molar-refractivity contribution in [2.24, 2.45) is 17.6 Å². The molecule has 0 saturated carbocycles. The number of methoxy groups -OCH3 is 1. The molecule has 2 saturated heterocycles. The van der Waals surface area contributed by atoms with Crippen molar-refractivity contribution in [2.75, 3.05) is 45.2 Å². The first-order chi connectivity index (χ1) is 9.17. The molecule has 1 aromatic rings. The Balaban J connectivity index is 1.76. The van der Waals surface area contributed by atoms with Crippen molar-refractivity contribution in [2.45, 2.75) is 6.04 Å². The van der Waals surface area contributed by atoms with Crippen LogP contribution in [0.25, 0.3) is 0 Å². The number of hydrogen-bond donors (Lipinski definition) is 1. The van der Waals surface area contributed by atoms with Gasteiger partial charge in [-0.05, 0) is 31.3 Å². The molecule has 104 valence electrons. The van der Waals surface area contributed by atoms with E-state index in [9.17, 15) is 0 Å². The van der Waals surface area contributed by atoms with Crippen molar-refractivity contribution in [3.05, 3.63) is 24.3 Å². The Hall–Kier alpha value is -1.26. The van der Waals surface area contributed by atoms with Crippen LogP contribution in [0.5, 0.6) is 5.75 Å². The third kappa shape index (κ3) is 2.42. The number of benzene rings is 1. The first kappa shape index (κ1) is 12.8. The molecule has 2 atom stereocenters. The van der Waals surface area contributed by atoms with Crippen LogP contribution in [-0.4, -0.2) is 51.3 Å². The maximum Gasteiger partial charge on any atom is 0.119 e. The second-order valence-electron chi connectivity index (χ2n) is 5.92. The third-order valence-electron chi connectivity index (χ3n) is 4.53. The van der Waals surface area contributed by atoms with E-state index in [-0.39, 0.29) is 0 Å². The smallest absolute Gasteiger partial charge is 0.119 e. The summed E-state index contributed by atoms with van der Waals surface area (Å²) in [4.78, 5) is 4.90. The third-order valence-corrected chi connectivity index (χ3v) is 4.53. The minimum atomic E-state index is 0.366. The van der Waals surface area contributed by atoms with Gasteiger partial charge in [-0.3, -0.25) is 0 Å². The maximum atomic E-state index is 6.36. The standard InChI is InChI=1S/C15H23N3O/c1-17-7-11-9-18(10-12(8-17)15(11)16)13-3-5-14(19-2)6-4-13/h3-6,11-12,15H,7-10,16H2,1-2H3. The Morgan fingerprint density at radius 1 is 1.05 bits per heavy atom. The molecule has 0 radical (unpaired) electrons. The summed E-state index contributed by atoms with van der Waals surface area (Å²) in [5.41, 5.74) is 7.64. The van der Waals surface area contributed by atoms with Crippen molar-refractivity contribution in [1.82, 2.24) is 4.90 Å². The molecule has 0 aromatic heterocycles. The molecule has 2 aliphatic heterocycles. The Kier molecular flexibility index (Phi) is 3.37. The number of piperidine rings is 2. The lowest BCUT2D eigenvalue weighted by Gasteiger charge is -2.49. The number of rotatable bonds is 2. The highest BCUT2D eigenvalue weighted by Gasteiger charge is 2.39. The van der Waals surface area contributed by atoms with Crippen LogP contribution in [0.3, 0.4) is 0 Å². The van der Waals surface area contributed by atoms with Gasteiger partial charge in [0.05, 0.1) is 7.11 Å². The average Bonchev–Trinajstić information content (AvgIpc) is 2.40. The second-order valence-corrected chi connectivity index (χ2v) is 5.92. The summed E-state index contributed by atoms with van der Waals surface area (Å²) in [5, 5.41) is 0. The van der Waals surface area contributed by atoms with Gasteiger partial charge < -0.3 is 20.3 Å². The Bertz CT molecular complexity index is 418. The summed E-state index contributed by atoms with van der Waals surface area (Å²) in [6.45, 7) is 4.36. The van der Waals surface area contributed by atoms with Crippen molar-refractivity contribution >= 4 is 5.69 Å². The lowest BCUT2D eigenvalue weighted by molar-refractivity contribution is 0.107. The Labute approximate surface area is 115 Å². The SMILES string of the molecule is COc1ccc(N2CC3CN(C)CC(C2)C3N)cc1. The number of nitrogens with two attached hydrogens (primary N) is 1. The Morgan fingerprint density at radius 3 is 2.16 bits per heavy atom. The second kappa shape index (κ2) is 5.02. The van der Waals surface area contributed by atoms with E-state index < -0.39 is 0 Å². The zero-order valence-electron chi connectivity index (χ0n) is 11.7. The van der Waals surface area contributed by atoms with Gasteiger partial charge in [0.1, 0.15) is 5.75 Å². The molecule has 0 spiro atoms. The van der Waals surface area contributed by atoms with Gasteiger partial charge in [0.2, 0.25) is 0 Å². The lowest BCUT2D eigenvalue weighted by Crippen LogP contribution is -2.62. The number of ether oxygens (including phenoxy) is 1. The van der Waals surface area contributed by atoms with Crippen molar-refractivity contribution in [3.8, 4) is 5.75 Å². The van der Waals surface area contributed by atoms with Crippen LogP contribution in [0.2, 0.25) is 0 Å². The van der Waals surface area contributed by atoms with E-state index in [2.05, 4.69) is 29.0 Å². The largest absolute Gasteiger partial charge is 0.497 e. The molecule has 2 bridgehead atoms. The van der Waals surface area contributed by atoms with Crippen LogP contribution in [-0.2, 0) is 0 Å². The van der Waals surface area contributed by atoms with Crippen molar-refractivity contribution in [3.63, 3.8) is 0 Å². The van der Waals surface area contributed by atoms with Gasteiger partial charge in [0.15, 0.2) is 0 Å². The first-order valence-corrected chi connectivity index (χ1v) is 7.00. The number of fused-ring (bicyclic) bond motifs is 2. The monoisotopic (exact) mass is 261 g/mol. The van der Waals surface area contributed by atoms with E-state index in [0.29, 0.717) is 17.9 Å². The van der Waals surface area contributed by atoms with Crippen LogP contribution in [0.1, 0.15) is 0 Å². The predicted octanol–water partition coefficient (Wildman–Crippen LogP) is 1.02. The summed E-state index contributed by atoms with van der Waals surface area (Å²) < 4.78 is 5.22. The molecule has 0 amide bonds. The van der Waals surface area contributed by atoms with E-state index in [0.717, 1.165) is 31.9 Å². The molecule has 3 rings (SSSR count). The summed E-state index contributed by atoms with van der Waals surface area (Å²) >= 11 is 0. The zero-order valence-corrected chi connectivity index (χ0v) is 11.7. The molecular formula is C15H23N3O. The molecule has 2 heterocycles. The van der Waals surface area contributed by atoms with E-state index >= 15 is 0 Å². The predicted molar refractivity (Wildman–Crippen MR) is 77.7 cm³/mol. The van der Waals surface area contributed by atoms with Crippen LogP contribution >= 0.6 is 0 Å². The summed E-state index contributed by atoms with van der Waals surface area (Å²) in [7, 11) is 3.91. The van der Waals surface area contributed by atoms with Gasteiger partial charge in [-0.15, -0.1) is 0 Å². The fourth-order valence-corrected chi connectivity index (χ4v) is 3.51. The highest BCUT2D eigenvalue weighted by atomic mass is 16.5. The van der Waals surface area contributed by atoms with Gasteiger partial charge >= 0.3 is 0 Å². The van der Waals surface area contributed by atoms with Crippen LogP contribution in [0, 0.1) is 11.8 Å². The lowest BCUT2D eigenvalue weighted by atomic mass is 9.80. The first-order valence-electron chi connectivity index (χ1n) is 7.00. The van der Waals surface area contributed by atoms with Gasteiger partial charge in [-0.2, -0.15) is 0 Å². The van der Waals surface area contributed by atoms with Crippen LogP contribution in [0.15, 0.2) is 24.3 Å². The molecular weight excluding hydrogens is 238 g/mol. The van der Waals surface area contributed by atoms with Crippen molar-refractivity contribution in [1.29, 1.82) is 0 Å². The Morgan fingerprint density at radius 2 is 1.63 bits per heavy atom. The molecule has 2 N–H and O–H groups in total. The minimum Gasteiger partial charge on any atom is -0.497 e. The quantitative estimate of drug-likeness (QED) is 0.863. The van der Waals surface area contributed by atoms with E-state index in [1.807, 2.05) is 12.1 Å². The van der Waals surface area contributed by atoms with E-state index in [1.165, 1.54) is 5.69 Å². The highest BCUT2D eigenvalue weighted by molar-refractivity contribution is 5.50. The zero-order chi connectivity index (χ0) is 13.4. The maximum absolute atomic E-state index is 6.36. The number of likely N-dealkylation sites (tertiary alicyclic amines) is 1. The van der Waals surface area contributed by atoms with E-state index in [4.69, 9.17) is 10.5 Å². The molecule has 19 heavy (non-hydrogen) atoms. The summed E-state index contributed by atoms with van der Waals surface area (Å²) in [6, 6.07) is 8.73. The van der Waals surface area contributed by atoms with Gasteiger partial charge in [-0.25, -0.2) is 0 Å². The van der Waals surface area contributed by atoms with Crippen LogP contribution in [0.4, 0.5) is 5.69 Å². The molecule has 2 aliphatic rings. The molecule has 0 aliphatic carbocycles. The summed E-state index contributed by atoms with van der Waals surface area (Å²) in [6.07, 6.45) is 0. The fraction of sp³-hybridized carbons (Fsp3) is 0.600. The number of hydrogen-bond acceptors (Lipinski definition) is 4. The fourth-order valence-electron chi connectivity index (χ4n) is 3.51. The van der Waals surface area contributed by atoms with Crippen molar-refractivity contribution < 1.29 is 4.74 Å². The van der Waals surface area contributed by atoms with Gasteiger partial charge in [0, 0.05) is 49.7 Å². The van der Waals surface area contributed by atoms with Gasteiger partial charge in [0.25, 0.3) is 0 Å². The van der Waals surface area contributed by atoms with Gasteiger partial charge in [-0.1, -0.05) is 0 Å². The normalized spacial score (nSPS) is 31.3. The summed E-state index contributed by atoms with van der Waals surface area (Å²) in [5.74, 6) is 2.08. The number of anilines is 1. The topological polar surface area (TPSA) is 41.7 Å². The minimum absolute atomic E-state index is 0.366. The molecule has 4 nitrogen and oxygen atoms in total. The highest BCUT2D eigenvalue weighted by Crippen LogP contribution is 2.31. The van der Waals surface area contributed by atoms with Crippen LogP contribution < -0.4 is 15.4 Å². The van der Waals surface area contributed by atoms with E-state index in [1.54, 1.807) is 7.11 Å². The average molecular weight is 261 g/mol.